The molecule has 2 aliphatic rings. The van der Waals surface area contributed by atoms with Crippen molar-refractivity contribution in [3.63, 3.8) is 0 Å². The molecule has 0 aliphatic carbocycles. The van der Waals surface area contributed by atoms with Crippen LogP contribution in [0.5, 0.6) is 0 Å². The summed E-state index contributed by atoms with van der Waals surface area (Å²) in [6.45, 7) is 3.24. The van der Waals surface area contributed by atoms with E-state index in [1.165, 1.54) is 24.3 Å². The third-order valence-electron chi connectivity index (χ3n) is 6.99. The average Bonchev–Trinajstić information content (AvgIpc) is 2.84. The van der Waals surface area contributed by atoms with E-state index >= 15 is 0 Å². The molecule has 1 unspecified atom stereocenters. The first kappa shape index (κ1) is 23.5. The van der Waals surface area contributed by atoms with Crippen molar-refractivity contribution >= 4 is 12.0 Å². The van der Waals surface area contributed by atoms with Crippen molar-refractivity contribution in [2.75, 3.05) is 32.8 Å². The maximum Gasteiger partial charge on any atom is 0.246 e. The molecule has 33 heavy (non-hydrogen) atoms. The predicted octanol–water partition coefficient (Wildman–Crippen LogP) is 3.85. The van der Waals surface area contributed by atoms with Crippen LogP contribution in [0.2, 0.25) is 0 Å². The van der Waals surface area contributed by atoms with Gasteiger partial charge in [0.25, 0.3) is 0 Å². The lowest BCUT2D eigenvalue weighted by molar-refractivity contribution is -0.127. The van der Waals surface area contributed by atoms with Crippen molar-refractivity contribution < 1.29 is 18.7 Å². The number of aliphatic hydroxyl groups is 1. The molecule has 7 heteroatoms. The van der Waals surface area contributed by atoms with Gasteiger partial charge in [0.15, 0.2) is 0 Å². The first-order valence-corrected chi connectivity index (χ1v) is 11.7. The second-order valence-electron chi connectivity index (χ2n) is 9.01. The van der Waals surface area contributed by atoms with Gasteiger partial charge in [0, 0.05) is 49.1 Å². The molecule has 0 saturated carbocycles. The molecule has 1 N–H and O–H groups in total. The highest BCUT2D eigenvalue weighted by atomic mass is 19.1. The number of pyridine rings is 1. The van der Waals surface area contributed by atoms with Crippen LogP contribution in [0.25, 0.3) is 6.08 Å². The largest absolute Gasteiger partial charge is 0.395 e. The molecule has 5 nitrogen and oxygen atoms in total. The molecule has 4 rings (SSSR count). The number of hydrogen-bond acceptors (Lipinski definition) is 4. The van der Waals surface area contributed by atoms with Crippen molar-refractivity contribution in [2.24, 2.45) is 5.92 Å². The second-order valence-corrected chi connectivity index (χ2v) is 9.01. The molecule has 0 radical (unpaired) electrons. The topological polar surface area (TPSA) is 56.7 Å². The van der Waals surface area contributed by atoms with Gasteiger partial charge in [-0.25, -0.2) is 8.78 Å². The normalized spacial score (nSPS) is 19.8. The minimum Gasteiger partial charge on any atom is -0.395 e. The molecule has 2 aliphatic heterocycles. The first-order chi connectivity index (χ1) is 16.0. The monoisotopic (exact) mass is 455 g/mol. The Balaban J connectivity index is 1.27. The standard InChI is InChI=1S/C26H31F2N3O2/c27-22-15-19(16-23(28)17-22)4-5-26(33)31-13-8-21(9-14-31)25(18-32)30-11-6-20(7-12-30)24-3-1-2-10-29-24/h1-5,10,15-17,20-21,25,32H,6-9,11-14,18H2/b5-4+. The van der Waals surface area contributed by atoms with Gasteiger partial charge in [-0.3, -0.25) is 14.7 Å². The molecule has 2 aromatic rings. The molecular weight excluding hydrogens is 424 g/mol. The molecule has 2 saturated heterocycles. The van der Waals surface area contributed by atoms with Crippen LogP contribution in [0.4, 0.5) is 8.78 Å². The van der Waals surface area contributed by atoms with Gasteiger partial charge in [-0.05, 0) is 80.6 Å². The van der Waals surface area contributed by atoms with E-state index in [-0.39, 0.29) is 18.6 Å². The molecule has 2 fully saturated rings. The van der Waals surface area contributed by atoms with E-state index in [9.17, 15) is 18.7 Å². The quantitative estimate of drug-likeness (QED) is 0.673. The third-order valence-corrected chi connectivity index (χ3v) is 6.99. The molecule has 1 aromatic carbocycles. The van der Waals surface area contributed by atoms with Crippen molar-refractivity contribution in [2.45, 2.75) is 37.6 Å². The highest BCUT2D eigenvalue weighted by molar-refractivity contribution is 5.91. The van der Waals surface area contributed by atoms with Gasteiger partial charge in [-0.1, -0.05) is 6.07 Å². The summed E-state index contributed by atoms with van der Waals surface area (Å²) in [7, 11) is 0. The van der Waals surface area contributed by atoms with E-state index in [1.54, 1.807) is 4.90 Å². The van der Waals surface area contributed by atoms with Crippen LogP contribution in [0.1, 0.15) is 42.9 Å². The Morgan fingerprint density at radius 3 is 2.36 bits per heavy atom. The van der Waals surface area contributed by atoms with E-state index in [0.29, 0.717) is 30.5 Å². The summed E-state index contributed by atoms with van der Waals surface area (Å²) in [6.07, 6.45) is 8.41. The Hall–Kier alpha value is -2.64. The van der Waals surface area contributed by atoms with Gasteiger partial charge >= 0.3 is 0 Å². The van der Waals surface area contributed by atoms with Crippen LogP contribution in [-0.2, 0) is 4.79 Å². The van der Waals surface area contributed by atoms with Gasteiger partial charge < -0.3 is 10.0 Å². The highest BCUT2D eigenvalue weighted by Crippen LogP contribution is 2.31. The van der Waals surface area contributed by atoms with Crippen LogP contribution in [-0.4, -0.2) is 64.6 Å². The van der Waals surface area contributed by atoms with Gasteiger partial charge in [-0.2, -0.15) is 0 Å². The number of nitrogens with zero attached hydrogens (tertiary/aromatic N) is 3. The van der Waals surface area contributed by atoms with Gasteiger partial charge in [0.05, 0.1) is 6.61 Å². The fraction of sp³-hybridized carbons (Fsp3) is 0.462. The maximum absolute atomic E-state index is 13.3. The number of aliphatic hydroxyl groups excluding tert-OH is 1. The summed E-state index contributed by atoms with van der Waals surface area (Å²) in [5, 5.41) is 10.1. The Bertz CT molecular complexity index is 933. The highest BCUT2D eigenvalue weighted by Gasteiger charge is 2.33. The third kappa shape index (κ3) is 6.03. The zero-order valence-corrected chi connectivity index (χ0v) is 18.7. The molecular formula is C26H31F2N3O2. The van der Waals surface area contributed by atoms with Crippen molar-refractivity contribution in [1.29, 1.82) is 0 Å². The van der Waals surface area contributed by atoms with Crippen LogP contribution in [0, 0.1) is 17.6 Å². The molecule has 0 spiro atoms. The number of halogens is 2. The number of benzene rings is 1. The minimum absolute atomic E-state index is 0.109. The Morgan fingerprint density at radius 2 is 1.76 bits per heavy atom. The maximum atomic E-state index is 13.3. The molecule has 1 amide bonds. The minimum atomic E-state index is -0.665. The lowest BCUT2D eigenvalue weighted by atomic mass is 9.86. The van der Waals surface area contributed by atoms with Gasteiger partial charge in [-0.15, -0.1) is 0 Å². The zero-order chi connectivity index (χ0) is 23.2. The zero-order valence-electron chi connectivity index (χ0n) is 18.7. The average molecular weight is 456 g/mol. The lowest BCUT2D eigenvalue weighted by Crippen LogP contribution is -2.50. The molecule has 1 atom stereocenters. The van der Waals surface area contributed by atoms with Crippen LogP contribution in [0.15, 0.2) is 48.7 Å². The fourth-order valence-electron chi connectivity index (χ4n) is 5.16. The van der Waals surface area contributed by atoms with Crippen LogP contribution in [0.3, 0.4) is 0 Å². The number of amides is 1. The summed E-state index contributed by atoms with van der Waals surface area (Å²) in [6, 6.07) is 9.38. The number of rotatable bonds is 6. The van der Waals surface area contributed by atoms with E-state index in [2.05, 4.69) is 16.0 Å². The van der Waals surface area contributed by atoms with E-state index in [0.717, 1.165) is 50.5 Å². The summed E-state index contributed by atoms with van der Waals surface area (Å²) in [4.78, 5) is 21.2. The Kier molecular flexibility index (Phi) is 7.83. The number of carbonyl (C=O) groups excluding carboxylic acids is 1. The Labute approximate surface area is 193 Å². The summed E-state index contributed by atoms with van der Waals surface area (Å²) < 4.78 is 26.6. The van der Waals surface area contributed by atoms with Crippen molar-refractivity contribution in [3.8, 4) is 0 Å². The Morgan fingerprint density at radius 1 is 1.06 bits per heavy atom. The van der Waals surface area contributed by atoms with Gasteiger partial charge in [0.1, 0.15) is 11.6 Å². The summed E-state index contributed by atoms with van der Waals surface area (Å²) >= 11 is 0. The van der Waals surface area contributed by atoms with Gasteiger partial charge in [0.2, 0.25) is 5.91 Å². The number of carbonyl (C=O) groups is 1. The van der Waals surface area contributed by atoms with Crippen LogP contribution < -0.4 is 0 Å². The van der Waals surface area contributed by atoms with E-state index < -0.39 is 11.6 Å². The first-order valence-electron chi connectivity index (χ1n) is 11.7. The lowest BCUT2D eigenvalue weighted by Gasteiger charge is -2.43. The SMILES string of the molecule is O=C(/C=C/c1cc(F)cc(F)c1)N1CCC(C(CO)N2CCC(c3ccccn3)CC2)CC1. The smallest absolute Gasteiger partial charge is 0.246 e. The summed E-state index contributed by atoms with van der Waals surface area (Å²) in [5.74, 6) is -0.676. The van der Waals surface area contributed by atoms with Crippen LogP contribution >= 0.6 is 0 Å². The molecule has 0 bridgehead atoms. The number of likely N-dealkylation sites (tertiary alicyclic amines) is 2. The number of hydrogen-bond donors (Lipinski definition) is 1. The van der Waals surface area contributed by atoms with E-state index in [4.69, 9.17) is 0 Å². The molecule has 3 heterocycles. The van der Waals surface area contributed by atoms with E-state index in [1.807, 2.05) is 18.3 Å². The summed E-state index contributed by atoms with van der Waals surface area (Å²) in [5.41, 5.74) is 1.48. The molecule has 1 aromatic heterocycles. The number of piperidine rings is 2. The molecule has 176 valence electrons. The van der Waals surface area contributed by atoms with Crippen molar-refractivity contribution in [3.05, 3.63) is 71.6 Å². The number of aromatic nitrogens is 1. The van der Waals surface area contributed by atoms with Crippen molar-refractivity contribution in [1.82, 2.24) is 14.8 Å². The predicted molar refractivity (Wildman–Crippen MR) is 123 cm³/mol. The second kappa shape index (κ2) is 11.0. The fourth-order valence-corrected chi connectivity index (χ4v) is 5.16.